The van der Waals surface area contributed by atoms with Crippen molar-refractivity contribution in [3.05, 3.63) is 0 Å². The Kier molecular flexibility index (Phi) is 2.99. The highest BCUT2D eigenvalue weighted by molar-refractivity contribution is 4.78. The zero-order valence-electron chi connectivity index (χ0n) is 6.90. The van der Waals surface area contributed by atoms with Gasteiger partial charge in [-0.05, 0) is 24.8 Å². The van der Waals surface area contributed by atoms with Crippen LogP contribution in [-0.2, 0) is 0 Å². The minimum absolute atomic E-state index is 0.163. The maximum Gasteiger partial charge on any atom is 0.389 e. The number of rotatable bonds is 4. The topological polar surface area (TPSA) is 26.0 Å². The van der Waals surface area contributed by atoms with Crippen LogP contribution in [0.2, 0.25) is 0 Å². The first-order valence-electron chi connectivity index (χ1n) is 4.28. The summed E-state index contributed by atoms with van der Waals surface area (Å²) in [5.41, 5.74) is 5.26. The monoisotopic (exact) mass is 181 g/mol. The van der Waals surface area contributed by atoms with Gasteiger partial charge in [0.15, 0.2) is 0 Å². The zero-order chi connectivity index (χ0) is 9.19. The maximum atomic E-state index is 11.9. The second kappa shape index (κ2) is 3.64. The van der Waals surface area contributed by atoms with E-state index in [0.29, 0.717) is 12.3 Å². The largest absolute Gasteiger partial charge is 0.389 e. The highest BCUT2D eigenvalue weighted by Crippen LogP contribution is 2.38. The van der Waals surface area contributed by atoms with Crippen LogP contribution >= 0.6 is 0 Å². The van der Waals surface area contributed by atoms with Crippen LogP contribution < -0.4 is 5.73 Å². The van der Waals surface area contributed by atoms with Crippen LogP contribution in [0.25, 0.3) is 0 Å². The second-order valence-corrected chi connectivity index (χ2v) is 3.60. The Labute approximate surface area is 70.1 Å². The van der Waals surface area contributed by atoms with E-state index in [-0.39, 0.29) is 12.5 Å². The Morgan fingerprint density at radius 2 is 1.92 bits per heavy atom. The van der Waals surface area contributed by atoms with Crippen molar-refractivity contribution in [2.45, 2.75) is 31.9 Å². The van der Waals surface area contributed by atoms with Crippen LogP contribution in [0.15, 0.2) is 0 Å². The Bertz CT molecular complexity index is 140. The Hall–Kier alpha value is -0.250. The smallest absolute Gasteiger partial charge is 0.330 e. The molecule has 0 aromatic heterocycles. The predicted molar refractivity (Wildman–Crippen MR) is 40.6 cm³/mol. The van der Waals surface area contributed by atoms with Crippen LogP contribution in [0.1, 0.15) is 25.7 Å². The summed E-state index contributed by atoms with van der Waals surface area (Å²) in [7, 11) is 0. The average molecular weight is 181 g/mol. The first-order chi connectivity index (χ1) is 5.51. The van der Waals surface area contributed by atoms with Crippen molar-refractivity contribution in [2.75, 3.05) is 6.54 Å². The van der Waals surface area contributed by atoms with Crippen molar-refractivity contribution in [1.29, 1.82) is 0 Å². The van der Waals surface area contributed by atoms with Gasteiger partial charge in [0, 0.05) is 6.42 Å². The molecule has 2 N–H and O–H groups in total. The normalized spacial score (nSPS) is 21.0. The molecule has 0 aliphatic heterocycles. The fourth-order valence-electron chi connectivity index (χ4n) is 1.42. The second-order valence-electron chi connectivity index (χ2n) is 3.60. The third-order valence-electron chi connectivity index (χ3n) is 2.22. The fraction of sp³-hybridized carbons (Fsp3) is 1.00. The molecule has 0 bridgehead atoms. The van der Waals surface area contributed by atoms with Crippen LogP contribution in [0.5, 0.6) is 0 Å². The average Bonchev–Trinajstić information content (AvgIpc) is 2.67. The molecule has 0 aromatic rings. The highest BCUT2D eigenvalue weighted by Gasteiger charge is 2.34. The van der Waals surface area contributed by atoms with Crippen molar-refractivity contribution in [2.24, 2.45) is 17.6 Å². The lowest BCUT2D eigenvalue weighted by molar-refractivity contribution is -0.144. The standard InChI is InChI=1S/C8H14F3N/c9-8(10,11)4-7(5-12)3-6-1-2-6/h6-7H,1-5,12H2/t7-/m0/s1. The molecule has 0 heterocycles. The van der Waals surface area contributed by atoms with Crippen LogP contribution in [0.3, 0.4) is 0 Å². The number of nitrogens with two attached hydrogens (primary N) is 1. The van der Waals surface area contributed by atoms with Gasteiger partial charge < -0.3 is 5.73 Å². The first kappa shape index (κ1) is 9.84. The van der Waals surface area contributed by atoms with Gasteiger partial charge in [-0.15, -0.1) is 0 Å². The van der Waals surface area contributed by atoms with E-state index >= 15 is 0 Å². The van der Waals surface area contributed by atoms with E-state index in [1.54, 1.807) is 0 Å². The van der Waals surface area contributed by atoms with Crippen molar-refractivity contribution >= 4 is 0 Å². The van der Waals surface area contributed by atoms with Gasteiger partial charge in [-0.25, -0.2) is 0 Å². The van der Waals surface area contributed by atoms with Gasteiger partial charge in [-0.1, -0.05) is 12.8 Å². The molecule has 0 aromatic carbocycles. The zero-order valence-corrected chi connectivity index (χ0v) is 6.90. The quantitative estimate of drug-likeness (QED) is 0.707. The van der Waals surface area contributed by atoms with Gasteiger partial charge >= 0.3 is 6.18 Å². The summed E-state index contributed by atoms with van der Waals surface area (Å²) in [6.45, 7) is 0.163. The molecule has 0 spiro atoms. The van der Waals surface area contributed by atoms with E-state index < -0.39 is 12.6 Å². The third kappa shape index (κ3) is 3.95. The fourth-order valence-corrected chi connectivity index (χ4v) is 1.42. The SMILES string of the molecule is NC[C@@H](CC1CC1)CC(F)(F)F. The minimum atomic E-state index is -4.04. The molecule has 1 atom stereocenters. The van der Waals surface area contributed by atoms with Gasteiger partial charge in [-0.2, -0.15) is 13.2 Å². The van der Waals surface area contributed by atoms with E-state index in [1.165, 1.54) is 0 Å². The lowest BCUT2D eigenvalue weighted by atomic mass is 9.98. The van der Waals surface area contributed by atoms with E-state index in [4.69, 9.17) is 5.73 Å². The Balaban J connectivity index is 2.23. The minimum Gasteiger partial charge on any atom is -0.330 e. The molecule has 0 radical (unpaired) electrons. The van der Waals surface area contributed by atoms with Gasteiger partial charge in [0.25, 0.3) is 0 Å². The Morgan fingerprint density at radius 1 is 1.33 bits per heavy atom. The van der Waals surface area contributed by atoms with E-state index in [9.17, 15) is 13.2 Å². The lowest BCUT2D eigenvalue weighted by Gasteiger charge is -2.15. The van der Waals surface area contributed by atoms with E-state index in [2.05, 4.69) is 0 Å². The number of alkyl halides is 3. The Morgan fingerprint density at radius 3 is 2.25 bits per heavy atom. The molecular weight excluding hydrogens is 167 g/mol. The van der Waals surface area contributed by atoms with Crippen molar-refractivity contribution < 1.29 is 13.2 Å². The summed E-state index contributed by atoms with van der Waals surface area (Å²) >= 11 is 0. The molecule has 0 unspecified atom stereocenters. The van der Waals surface area contributed by atoms with Crippen LogP contribution in [-0.4, -0.2) is 12.7 Å². The molecule has 1 aliphatic rings. The molecule has 4 heteroatoms. The molecule has 12 heavy (non-hydrogen) atoms. The molecule has 1 nitrogen and oxygen atoms in total. The number of hydrogen-bond donors (Lipinski definition) is 1. The molecule has 0 amide bonds. The molecule has 1 aliphatic carbocycles. The van der Waals surface area contributed by atoms with Gasteiger partial charge in [0.2, 0.25) is 0 Å². The molecule has 1 saturated carbocycles. The van der Waals surface area contributed by atoms with Crippen molar-refractivity contribution in [3.63, 3.8) is 0 Å². The molecule has 1 rings (SSSR count). The summed E-state index contributed by atoms with van der Waals surface area (Å²) in [6.07, 6.45) is -1.91. The summed E-state index contributed by atoms with van der Waals surface area (Å²) < 4.78 is 35.7. The number of halogens is 3. The predicted octanol–water partition coefficient (Wildman–Crippen LogP) is 2.31. The summed E-state index contributed by atoms with van der Waals surface area (Å²) in [4.78, 5) is 0. The molecule has 1 fully saturated rings. The van der Waals surface area contributed by atoms with Crippen molar-refractivity contribution in [1.82, 2.24) is 0 Å². The van der Waals surface area contributed by atoms with E-state index in [1.807, 2.05) is 0 Å². The van der Waals surface area contributed by atoms with Crippen LogP contribution in [0.4, 0.5) is 13.2 Å². The highest BCUT2D eigenvalue weighted by atomic mass is 19.4. The summed E-state index contributed by atoms with van der Waals surface area (Å²) in [6, 6.07) is 0. The molecule has 0 saturated heterocycles. The summed E-state index contributed by atoms with van der Waals surface area (Å²) in [5.74, 6) is 0.179. The van der Waals surface area contributed by atoms with Crippen LogP contribution in [0, 0.1) is 11.8 Å². The maximum absolute atomic E-state index is 11.9. The lowest BCUT2D eigenvalue weighted by Crippen LogP contribution is -2.22. The third-order valence-corrected chi connectivity index (χ3v) is 2.22. The van der Waals surface area contributed by atoms with Gasteiger partial charge in [0.1, 0.15) is 0 Å². The van der Waals surface area contributed by atoms with E-state index in [0.717, 1.165) is 12.8 Å². The first-order valence-corrected chi connectivity index (χ1v) is 4.28. The summed E-state index contributed by atoms with van der Waals surface area (Å²) in [5, 5.41) is 0. The van der Waals surface area contributed by atoms with Gasteiger partial charge in [-0.3, -0.25) is 0 Å². The molecule has 72 valence electrons. The molecular formula is C8H14F3N. The van der Waals surface area contributed by atoms with Gasteiger partial charge in [0.05, 0.1) is 0 Å². The number of hydrogen-bond acceptors (Lipinski definition) is 1. The van der Waals surface area contributed by atoms with Crippen molar-refractivity contribution in [3.8, 4) is 0 Å².